The van der Waals surface area contributed by atoms with E-state index in [1.54, 1.807) is 42.5 Å². The maximum Gasteiger partial charge on any atom is 0.287 e. The van der Waals surface area contributed by atoms with E-state index in [9.17, 15) is 9.18 Å². The number of hydrogen-bond acceptors (Lipinski definition) is 3. The van der Waals surface area contributed by atoms with E-state index >= 15 is 0 Å². The van der Waals surface area contributed by atoms with Crippen molar-refractivity contribution in [1.82, 2.24) is 5.32 Å². The van der Waals surface area contributed by atoms with Crippen molar-refractivity contribution < 1.29 is 13.6 Å². The summed E-state index contributed by atoms with van der Waals surface area (Å²) >= 11 is 0. The van der Waals surface area contributed by atoms with E-state index in [1.807, 2.05) is 12.1 Å². The molecule has 0 saturated carbocycles. The Bertz CT molecular complexity index is 925. The summed E-state index contributed by atoms with van der Waals surface area (Å²) in [6.45, 7) is 0.268. The number of furan rings is 1. The SMILES string of the molecule is N#Cc1cccc(CNC(=O)c2ccc(-c3ccccc3F)o2)c1. The van der Waals surface area contributed by atoms with E-state index in [2.05, 4.69) is 5.32 Å². The van der Waals surface area contributed by atoms with Gasteiger partial charge < -0.3 is 9.73 Å². The third-order valence-electron chi connectivity index (χ3n) is 3.48. The molecule has 3 aromatic rings. The number of halogens is 1. The summed E-state index contributed by atoms with van der Waals surface area (Å²) in [6, 6.07) is 18.3. The Morgan fingerprint density at radius 2 is 1.96 bits per heavy atom. The van der Waals surface area contributed by atoms with Crippen LogP contribution in [0.1, 0.15) is 21.7 Å². The van der Waals surface area contributed by atoms with Crippen LogP contribution in [0.2, 0.25) is 0 Å². The number of carbonyl (C=O) groups excluding carboxylic acids is 1. The highest BCUT2D eigenvalue weighted by atomic mass is 19.1. The van der Waals surface area contributed by atoms with Crippen LogP contribution in [0.15, 0.2) is 65.1 Å². The van der Waals surface area contributed by atoms with Crippen LogP contribution in [0.4, 0.5) is 4.39 Å². The Balaban J connectivity index is 1.70. The van der Waals surface area contributed by atoms with Gasteiger partial charge in [-0.15, -0.1) is 0 Å². The van der Waals surface area contributed by atoms with Crippen molar-refractivity contribution >= 4 is 5.91 Å². The number of benzene rings is 2. The van der Waals surface area contributed by atoms with Gasteiger partial charge in [-0.1, -0.05) is 24.3 Å². The molecule has 0 atom stereocenters. The average molecular weight is 320 g/mol. The summed E-state index contributed by atoms with van der Waals surface area (Å²) in [7, 11) is 0. The lowest BCUT2D eigenvalue weighted by molar-refractivity contribution is 0.0924. The average Bonchev–Trinajstić information content (AvgIpc) is 3.10. The molecule has 2 aromatic carbocycles. The highest BCUT2D eigenvalue weighted by molar-refractivity contribution is 5.92. The third kappa shape index (κ3) is 3.33. The number of rotatable bonds is 4. The van der Waals surface area contributed by atoms with Crippen LogP contribution in [-0.2, 0) is 6.54 Å². The lowest BCUT2D eigenvalue weighted by Gasteiger charge is -2.04. The molecule has 1 N–H and O–H groups in total. The highest BCUT2D eigenvalue weighted by Crippen LogP contribution is 2.24. The molecule has 3 rings (SSSR count). The number of nitrogens with zero attached hydrogens (tertiary/aromatic N) is 1. The predicted octanol–water partition coefficient (Wildman–Crippen LogP) is 3.89. The number of nitrogens with one attached hydrogen (secondary N) is 1. The van der Waals surface area contributed by atoms with Crippen LogP contribution in [-0.4, -0.2) is 5.91 Å². The molecule has 0 saturated heterocycles. The first-order valence-corrected chi connectivity index (χ1v) is 7.29. The molecule has 1 heterocycles. The van der Waals surface area contributed by atoms with E-state index in [0.29, 0.717) is 16.9 Å². The summed E-state index contributed by atoms with van der Waals surface area (Å²) in [5, 5.41) is 11.6. The van der Waals surface area contributed by atoms with Gasteiger partial charge in [0.25, 0.3) is 5.91 Å². The molecule has 118 valence electrons. The minimum absolute atomic E-state index is 0.102. The number of hydrogen-bond donors (Lipinski definition) is 1. The van der Waals surface area contributed by atoms with Gasteiger partial charge in [0.1, 0.15) is 11.6 Å². The second kappa shape index (κ2) is 6.80. The summed E-state index contributed by atoms with van der Waals surface area (Å²) in [6.07, 6.45) is 0. The van der Waals surface area contributed by atoms with Gasteiger partial charge in [-0.05, 0) is 42.0 Å². The molecular formula is C19H13FN2O2. The molecule has 0 aliphatic rings. The van der Waals surface area contributed by atoms with Gasteiger partial charge in [0, 0.05) is 6.54 Å². The monoisotopic (exact) mass is 320 g/mol. The van der Waals surface area contributed by atoms with Crippen LogP contribution in [0, 0.1) is 17.1 Å². The van der Waals surface area contributed by atoms with Gasteiger partial charge in [0.2, 0.25) is 0 Å². The Morgan fingerprint density at radius 1 is 1.12 bits per heavy atom. The molecule has 0 unspecified atom stereocenters. The van der Waals surface area contributed by atoms with Gasteiger partial charge in [-0.25, -0.2) is 4.39 Å². The molecule has 1 aromatic heterocycles. The Labute approximate surface area is 138 Å². The van der Waals surface area contributed by atoms with Crippen molar-refractivity contribution in [3.8, 4) is 17.4 Å². The van der Waals surface area contributed by atoms with E-state index in [1.165, 1.54) is 12.1 Å². The summed E-state index contributed by atoms with van der Waals surface area (Å²) < 4.78 is 19.2. The molecule has 0 bridgehead atoms. The quantitative estimate of drug-likeness (QED) is 0.793. The first-order valence-electron chi connectivity index (χ1n) is 7.29. The maximum absolute atomic E-state index is 13.7. The fourth-order valence-electron chi connectivity index (χ4n) is 2.29. The fraction of sp³-hybridized carbons (Fsp3) is 0.0526. The van der Waals surface area contributed by atoms with E-state index in [0.717, 1.165) is 5.56 Å². The topological polar surface area (TPSA) is 66.0 Å². The van der Waals surface area contributed by atoms with Crippen molar-refractivity contribution in [3.05, 3.63) is 83.4 Å². The van der Waals surface area contributed by atoms with Gasteiger partial charge in [-0.3, -0.25) is 4.79 Å². The number of nitriles is 1. The molecule has 0 radical (unpaired) electrons. The van der Waals surface area contributed by atoms with Gasteiger partial charge >= 0.3 is 0 Å². The van der Waals surface area contributed by atoms with Crippen molar-refractivity contribution in [2.45, 2.75) is 6.54 Å². The van der Waals surface area contributed by atoms with Crippen LogP contribution in [0.3, 0.4) is 0 Å². The maximum atomic E-state index is 13.7. The molecule has 24 heavy (non-hydrogen) atoms. The van der Waals surface area contributed by atoms with Crippen LogP contribution >= 0.6 is 0 Å². The van der Waals surface area contributed by atoms with Crippen LogP contribution in [0.25, 0.3) is 11.3 Å². The molecule has 0 aliphatic carbocycles. The summed E-state index contributed by atoms with van der Waals surface area (Å²) in [5.74, 6) is -0.415. The minimum Gasteiger partial charge on any atom is -0.451 e. The number of amides is 1. The largest absolute Gasteiger partial charge is 0.451 e. The lowest BCUT2D eigenvalue weighted by atomic mass is 10.1. The normalized spacial score (nSPS) is 10.2. The van der Waals surface area contributed by atoms with Crippen LogP contribution in [0.5, 0.6) is 0 Å². The van der Waals surface area contributed by atoms with E-state index in [4.69, 9.17) is 9.68 Å². The summed E-state index contributed by atoms with van der Waals surface area (Å²) in [4.78, 5) is 12.1. The zero-order valence-corrected chi connectivity index (χ0v) is 12.6. The molecule has 5 heteroatoms. The lowest BCUT2D eigenvalue weighted by Crippen LogP contribution is -2.22. The van der Waals surface area contributed by atoms with Crippen molar-refractivity contribution in [2.75, 3.05) is 0 Å². The fourth-order valence-corrected chi connectivity index (χ4v) is 2.29. The molecule has 0 spiro atoms. The van der Waals surface area contributed by atoms with Crippen molar-refractivity contribution in [3.63, 3.8) is 0 Å². The number of carbonyl (C=O) groups is 1. The zero-order valence-electron chi connectivity index (χ0n) is 12.6. The van der Waals surface area contributed by atoms with E-state index in [-0.39, 0.29) is 12.3 Å². The minimum atomic E-state index is -0.410. The molecule has 4 nitrogen and oxygen atoms in total. The van der Waals surface area contributed by atoms with Gasteiger partial charge in [0.05, 0.1) is 17.2 Å². The highest BCUT2D eigenvalue weighted by Gasteiger charge is 2.14. The zero-order chi connectivity index (χ0) is 16.9. The first-order chi connectivity index (χ1) is 11.7. The standard InChI is InChI=1S/C19H13FN2O2/c20-16-7-2-1-6-15(16)17-8-9-18(24-17)19(23)22-12-14-5-3-4-13(10-14)11-21/h1-10H,12H2,(H,22,23). The second-order valence-corrected chi connectivity index (χ2v) is 5.14. The predicted molar refractivity (Wildman–Crippen MR) is 86.4 cm³/mol. The van der Waals surface area contributed by atoms with E-state index < -0.39 is 11.7 Å². The van der Waals surface area contributed by atoms with Gasteiger partial charge in [0.15, 0.2) is 5.76 Å². The Kier molecular flexibility index (Phi) is 4.39. The van der Waals surface area contributed by atoms with Crippen molar-refractivity contribution in [2.24, 2.45) is 0 Å². The third-order valence-corrected chi connectivity index (χ3v) is 3.48. The van der Waals surface area contributed by atoms with Gasteiger partial charge in [-0.2, -0.15) is 5.26 Å². The second-order valence-electron chi connectivity index (χ2n) is 5.14. The Hall–Kier alpha value is -3.39. The Morgan fingerprint density at radius 3 is 2.75 bits per heavy atom. The molecule has 0 aliphatic heterocycles. The first kappa shape index (κ1) is 15.5. The van der Waals surface area contributed by atoms with Crippen LogP contribution < -0.4 is 5.32 Å². The molecule has 1 amide bonds. The molecular weight excluding hydrogens is 307 g/mol. The molecule has 0 fully saturated rings. The smallest absolute Gasteiger partial charge is 0.287 e. The van der Waals surface area contributed by atoms with Crippen molar-refractivity contribution in [1.29, 1.82) is 5.26 Å². The summed E-state index contributed by atoms with van der Waals surface area (Å²) in [5.41, 5.74) is 1.64.